The molecule has 1 aliphatic rings. The van der Waals surface area contributed by atoms with Crippen LogP contribution in [0.15, 0.2) is 48.5 Å². The first-order valence-corrected chi connectivity index (χ1v) is 10.3. The van der Waals surface area contributed by atoms with Crippen LogP contribution in [0.25, 0.3) is 10.9 Å². The average molecular weight is 416 g/mol. The predicted octanol–water partition coefficient (Wildman–Crippen LogP) is 5.80. The standard InChI is InChI=1S/C22H23Cl2N3O/c1-28-21-14-22(26-19-6-3-2-5-16(19)21)25-10-4-11-27-12-9-20(27)15-7-8-17(23)18(24)13-15/h2-3,5-8,13-14,20H,4,9-12H2,1H3,(H,25,26). The van der Waals surface area contributed by atoms with Gasteiger partial charge < -0.3 is 10.1 Å². The van der Waals surface area contributed by atoms with E-state index in [4.69, 9.17) is 27.9 Å². The Labute approximate surface area is 175 Å². The molecule has 3 aromatic rings. The normalized spacial score (nSPS) is 16.8. The molecule has 1 aliphatic heterocycles. The van der Waals surface area contributed by atoms with Gasteiger partial charge in [-0.25, -0.2) is 4.98 Å². The Morgan fingerprint density at radius 3 is 2.75 bits per heavy atom. The van der Waals surface area contributed by atoms with Crippen LogP contribution in [0.2, 0.25) is 10.0 Å². The Kier molecular flexibility index (Phi) is 5.90. The molecule has 1 unspecified atom stereocenters. The van der Waals surface area contributed by atoms with Crippen LogP contribution in [0.4, 0.5) is 5.82 Å². The molecular weight excluding hydrogens is 393 g/mol. The van der Waals surface area contributed by atoms with E-state index in [0.717, 1.165) is 54.9 Å². The first kappa shape index (κ1) is 19.3. The van der Waals surface area contributed by atoms with Crippen molar-refractivity contribution in [3.05, 3.63) is 64.1 Å². The first-order chi connectivity index (χ1) is 13.7. The summed E-state index contributed by atoms with van der Waals surface area (Å²) in [6.07, 6.45) is 2.20. The minimum absolute atomic E-state index is 0.439. The van der Waals surface area contributed by atoms with Crippen LogP contribution in [0, 0.1) is 0 Å². The van der Waals surface area contributed by atoms with Crippen molar-refractivity contribution in [2.75, 3.05) is 32.1 Å². The summed E-state index contributed by atoms with van der Waals surface area (Å²) in [6, 6.07) is 16.4. The highest BCUT2D eigenvalue weighted by Gasteiger charge is 2.28. The van der Waals surface area contributed by atoms with Crippen molar-refractivity contribution in [1.82, 2.24) is 9.88 Å². The van der Waals surface area contributed by atoms with E-state index in [-0.39, 0.29) is 0 Å². The molecule has 1 fully saturated rings. The van der Waals surface area contributed by atoms with Crippen LogP contribution in [0.3, 0.4) is 0 Å². The molecule has 1 saturated heterocycles. The van der Waals surface area contributed by atoms with Gasteiger partial charge in [-0.1, -0.05) is 41.4 Å². The molecule has 6 heteroatoms. The topological polar surface area (TPSA) is 37.4 Å². The summed E-state index contributed by atoms with van der Waals surface area (Å²) in [6.45, 7) is 3.01. The number of aromatic nitrogens is 1. The van der Waals surface area contributed by atoms with Crippen molar-refractivity contribution < 1.29 is 4.74 Å². The monoisotopic (exact) mass is 415 g/mol. The summed E-state index contributed by atoms with van der Waals surface area (Å²) in [4.78, 5) is 7.17. The molecule has 28 heavy (non-hydrogen) atoms. The van der Waals surface area contributed by atoms with Gasteiger partial charge in [-0.05, 0) is 42.7 Å². The minimum Gasteiger partial charge on any atom is -0.496 e. The van der Waals surface area contributed by atoms with Crippen LogP contribution in [0.1, 0.15) is 24.4 Å². The number of methoxy groups -OCH3 is 1. The summed E-state index contributed by atoms with van der Waals surface area (Å²) < 4.78 is 5.51. The smallest absolute Gasteiger partial charge is 0.131 e. The van der Waals surface area contributed by atoms with Gasteiger partial charge in [0.1, 0.15) is 11.6 Å². The lowest BCUT2D eigenvalue weighted by molar-refractivity contribution is 0.0906. The number of anilines is 1. The van der Waals surface area contributed by atoms with Crippen molar-refractivity contribution >= 4 is 39.9 Å². The molecule has 2 heterocycles. The third-order valence-corrected chi connectivity index (χ3v) is 6.02. The zero-order valence-corrected chi connectivity index (χ0v) is 17.3. The summed E-state index contributed by atoms with van der Waals surface area (Å²) in [5, 5.41) is 5.70. The van der Waals surface area contributed by atoms with Gasteiger partial charge in [0.15, 0.2) is 0 Å². The second-order valence-electron chi connectivity index (χ2n) is 7.02. The zero-order valence-electron chi connectivity index (χ0n) is 15.8. The van der Waals surface area contributed by atoms with Crippen LogP contribution in [-0.4, -0.2) is 36.6 Å². The molecule has 0 bridgehead atoms. The fourth-order valence-corrected chi connectivity index (χ4v) is 4.01. The van der Waals surface area contributed by atoms with Crippen LogP contribution in [0.5, 0.6) is 5.75 Å². The van der Waals surface area contributed by atoms with Crippen molar-refractivity contribution in [2.45, 2.75) is 18.9 Å². The molecule has 0 radical (unpaired) electrons. The van der Waals surface area contributed by atoms with E-state index in [2.05, 4.69) is 21.3 Å². The zero-order chi connectivity index (χ0) is 19.5. The largest absolute Gasteiger partial charge is 0.496 e. The molecule has 2 aromatic carbocycles. The van der Waals surface area contributed by atoms with Gasteiger partial charge in [0.2, 0.25) is 0 Å². The third kappa shape index (κ3) is 4.04. The number of para-hydroxylation sites is 1. The SMILES string of the molecule is COc1cc(NCCCN2CCC2c2ccc(Cl)c(Cl)c2)nc2ccccc12. The second-order valence-corrected chi connectivity index (χ2v) is 7.84. The molecule has 1 atom stereocenters. The molecule has 4 nitrogen and oxygen atoms in total. The summed E-state index contributed by atoms with van der Waals surface area (Å²) >= 11 is 12.2. The highest BCUT2D eigenvalue weighted by Crippen LogP contribution is 2.36. The fraction of sp³-hybridized carbons (Fsp3) is 0.318. The fourth-order valence-electron chi connectivity index (χ4n) is 3.71. The lowest BCUT2D eigenvalue weighted by Crippen LogP contribution is -2.41. The summed E-state index contributed by atoms with van der Waals surface area (Å²) in [5.41, 5.74) is 2.18. The maximum absolute atomic E-state index is 6.17. The van der Waals surface area contributed by atoms with Gasteiger partial charge in [-0.15, -0.1) is 0 Å². The van der Waals surface area contributed by atoms with E-state index in [1.165, 1.54) is 5.56 Å². The quantitative estimate of drug-likeness (QED) is 0.494. The minimum atomic E-state index is 0.439. The van der Waals surface area contributed by atoms with E-state index < -0.39 is 0 Å². The van der Waals surface area contributed by atoms with Gasteiger partial charge in [0.05, 0.1) is 22.7 Å². The molecule has 146 valence electrons. The van der Waals surface area contributed by atoms with Crippen molar-refractivity contribution in [1.29, 1.82) is 0 Å². The van der Waals surface area contributed by atoms with Crippen molar-refractivity contribution in [3.63, 3.8) is 0 Å². The van der Waals surface area contributed by atoms with Gasteiger partial charge in [0, 0.05) is 37.1 Å². The number of nitrogens with one attached hydrogen (secondary N) is 1. The van der Waals surface area contributed by atoms with Crippen LogP contribution in [-0.2, 0) is 0 Å². The number of likely N-dealkylation sites (tertiary alicyclic amines) is 1. The second kappa shape index (κ2) is 8.56. The molecule has 0 aliphatic carbocycles. The molecule has 1 aromatic heterocycles. The number of fused-ring (bicyclic) bond motifs is 1. The summed E-state index contributed by atoms with van der Waals surface area (Å²) in [7, 11) is 1.69. The third-order valence-electron chi connectivity index (χ3n) is 5.29. The number of nitrogens with zero attached hydrogens (tertiary/aromatic N) is 2. The van der Waals surface area contributed by atoms with E-state index in [9.17, 15) is 0 Å². The van der Waals surface area contributed by atoms with Crippen molar-refractivity contribution in [2.24, 2.45) is 0 Å². The number of ether oxygens (including phenoxy) is 1. The molecule has 0 amide bonds. The van der Waals surface area contributed by atoms with Gasteiger partial charge in [0.25, 0.3) is 0 Å². The van der Waals surface area contributed by atoms with E-state index >= 15 is 0 Å². The van der Waals surface area contributed by atoms with Crippen LogP contribution >= 0.6 is 23.2 Å². The predicted molar refractivity (Wildman–Crippen MR) is 117 cm³/mol. The van der Waals surface area contributed by atoms with E-state index in [1.54, 1.807) is 7.11 Å². The number of rotatable bonds is 7. The van der Waals surface area contributed by atoms with Crippen molar-refractivity contribution in [3.8, 4) is 5.75 Å². The van der Waals surface area contributed by atoms with Gasteiger partial charge >= 0.3 is 0 Å². The Hall–Kier alpha value is -2.01. The number of pyridine rings is 1. The lowest BCUT2D eigenvalue weighted by Gasteiger charge is -2.41. The average Bonchev–Trinajstić information content (AvgIpc) is 2.69. The van der Waals surface area contributed by atoms with E-state index in [1.807, 2.05) is 42.5 Å². The first-order valence-electron chi connectivity index (χ1n) is 9.52. The number of hydrogen-bond acceptors (Lipinski definition) is 4. The molecule has 4 rings (SSSR count). The Morgan fingerprint density at radius 2 is 2.00 bits per heavy atom. The number of halogens is 2. The number of hydrogen-bond donors (Lipinski definition) is 1. The van der Waals surface area contributed by atoms with E-state index in [0.29, 0.717) is 16.1 Å². The molecule has 0 spiro atoms. The molecule has 1 N–H and O–H groups in total. The van der Waals surface area contributed by atoms with Crippen LogP contribution < -0.4 is 10.1 Å². The molecule has 0 saturated carbocycles. The number of benzene rings is 2. The Bertz CT molecular complexity index is 979. The van der Waals surface area contributed by atoms with Gasteiger partial charge in [-0.2, -0.15) is 0 Å². The highest BCUT2D eigenvalue weighted by atomic mass is 35.5. The maximum atomic E-state index is 6.17. The Morgan fingerprint density at radius 1 is 1.14 bits per heavy atom. The maximum Gasteiger partial charge on any atom is 0.131 e. The Balaban J connectivity index is 1.32. The highest BCUT2D eigenvalue weighted by molar-refractivity contribution is 6.42. The summed E-state index contributed by atoms with van der Waals surface area (Å²) in [5.74, 6) is 1.69. The molecular formula is C22H23Cl2N3O. The van der Waals surface area contributed by atoms with Gasteiger partial charge in [-0.3, -0.25) is 4.90 Å². The lowest BCUT2D eigenvalue weighted by atomic mass is 9.94.